The Bertz CT molecular complexity index is 1490. The summed E-state index contributed by atoms with van der Waals surface area (Å²) >= 11 is 0. The van der Waals surface area contributed by atoms with Crippen molar-refractivity contribution in [2.75, 3.05) is 6.54 Å². The first kappa shape index (κ1) is 29.8. The van der Waals surface area contributed by atoms with Gasteiger partial charge in [-0.25, -0.2) is 29.3 Å². The Balaban J connectivity index is 1.40. The van der Waals surface area contributed by atoms with Crippen LogP contribution in [0.4, 0.5) is 9.59 Å². The number of hydrogen-bond acceptors (Lipinski definition) is 11. The number of nitrogens with zero attached hydrogens (tertiary/aromatic N) is 3. The summed E-state index contributed by atoms with van der Waals surface area (Å²) < 4.78 is 26.9. The number of benzene rings is 1. The van der Waals surface area contributed by atoms with Crippen molar-refractivity contribution < 1.29 is 42.2 Å². The standard InChI is InChI=1S/C28H31N5O9/c1-28(2,3)42-26(36)29-12-8-7-11-18(33-27(37)41-13-17-9-5-4-6-10-17)22-30-19(14-38-22)23-31-20(15-39-23)24-32-21(16-40-24)25(34)35/h4-6,9-10,14-16,18H,7-8,11-13H2,1-3H3,(H,29,36)(H,33,37)(H,34,35)/t18-/m0/s1. The van der Waals surface area contributed by atoms with Gasteiger partial charge in [0.1, 0.15) is 37.0 Å². The number of hydrogen-bond donors (Lipinski definition) is 3. The number of carbonyl (C=O) groups is 3. The molecule has 4 rings (SSSR count). The van der Waals surface area contributed by atoms with Gasteiger partial charge in [0.05, 0.1) is 0 Å². The van der Waals surface area contributed by atoms with Crippen LogP contribution in [0.1, 0.15) is 68.0 Å². The fourth-order valence-corrected chi connectivity index (χ4v) is 3.67. The molecule has 0 fully saturated rings. The minimum atomic E-state index is -1.24. The molecule has 0 unspecified atom stereocenters. The maximum absolute atomic E-state index is 12.6. The Morgan fingerprint density at radius 3 is 2.31 bits per heavy atom. The summed E-state index contributed by atoms with van der Waals surface area (Å²) in [4.78, 5) is 48.1. The number of carboxylic acid groups (broad SMARTS) is 1. The van der Waals surface area contributed by atoms with Gasteiger partial charge in [0.25, 0.3) is 0 Å². The quantitative estimate of drug-likeness (QED) is 0.182. The lowest BCUT2D eigenvalue weighted by Crippen LogP contribution is -2.33. The summed E-state index contributed by atoms with van der Waals surface area (Å²) in [7, 11) is 0. The largest absolute Gasteiger partial charge is 0.476 e. The molecule has 0 radical (unpaired) electrons. The fraction of sp³-hybridized carbons (Fsp3) is 0.357. The molecule has 2 amide bonds. The topological polar surface area (TPSA) is 192 Å². The monoisotopic (exact) mass is 581 g/mol. The minimum Gasteiger partial charge on any atom is -0.476 e. The lowest BCUT2D eigenvalue weighted by atomic mass is 10.1. The second kappa shape index (κ2) is 13.5. The number of ether oxygens (including phenoxy) is 2. The number of rotatable bonds is 12. The zero-order valence-corrected chi connectivity index (χ0v) is 23.3. The van der Waals surface area contributed by atoms with Gasteiger partial charge in [0, 0.05) is 6.54 Å². The van der Waals surface area contributed by atoms with Crippen LogP contribution in [-0.2, 0) is 16.1 Å². The highest BCUT2D eigenvalue weighted by atomic mass is 16.6. The van der Waals surface area contributed by atoms with Crippen molar-refractivity contribution in [3.8, 4) is 23.2 Å². The van der Waals surface area contributed by atoms with Gasteiger partial charge in [-0.1, -0.05) is 30.3 Å². The number of aromatic nitrogens is 3. The normalized spacial score (nSPS) is 12.0. The first-order chi connectivity index (χ1) is 20.1. The van der Waals surface area contributed by atoms with Gasteiger partial charge in [-0.15, -0.1) is 0 Å². The molecule has 3 heterocycles. The van der Waals surface area contributed by atoms with E-state index in [1.807, 2.05) is 30.3 Å². The molecule has 0 aliphatic carbocycles. The second-order valence-electron chi connectivity index (χ2n) is 10.1. The van der Waals surface area contributed by atoms with Gasteiger partial charge in [0.15, 0.2) is 17.1 Å². The van der Waals surface area contributed by atoms with Crippen LogP contribution in [0.2, 0.25) is 0 Å². The first-order valence-corrected chi connectivity index (χ1v) is 13.1. The summed E-state index contributed by atoms with van der Waals surface area (Å²) in [5, 5.41) is 14.5. The van der Waals surface area contributed by atoms with Crippen molar-refractivity contribution in [1.29, 1.82) is 0 Å². The number of alkyl carbamates (subject to hydrolysis) is 2. The van der Waals surface area contributed by atoms with E-state index in [0.29, 0.717) is 25.8 Å². The summed E-state index contributed by atoms with van der Waals surface area (Å²) in [6, 6.07) is 8.58. The van der Waals surface area contributed by atoms with Crippen molar-refractivity contribution in [2.24, 2.45) is 0 Å². The molecular formula is C28H31N5O9. The van der Waals surface area contributed by atoms with E-state index in [1.165, 1.54) is 12.5 Å². The fourth-order valence-electron chi connectivity index (χ4n) is 3.67. The number of unbranched alkanes of at least 4 members (excludes halogenated alkanes) is 1. The third kappa shape index (κ3) is 8.68. The van der Waals surface area contributed by atoms with Crippen molar-refractivity contribution in [3.63, 3.8) is 0 Å². The first-order valence-electron chi connectivity index (χ1n) is 13.1. The molecule has 1 atom stereocenters. The average Bonchev–Trinajstić information content (AvgIpc) is 3.71. The Hall–Kier alpha value is -5.14. The molecular weight excluding hydrogens is 550 g/mol. The maximum Gasteiger partial charge on any atom is 0.408 e. The second-order valence-corrected chi connectivity index (χ2v) is 10.1. The molecule has 14 nitrogen and oxygen atoms in total. The molecule has 3 aromatic heterocycles. The van der Waals surface area contributed by atoms with Crippen LogP contribution in [0.5, 0.6) is 0 Å². The third-order valence-corrected chi connectivity index (χ3v) is 5.58. The van der Waals surface area contributed by atoms with E-state index in [4.69, 9.17) is 27.8 Å². The highest BCUT2D eigenvalue weighted by Crippen LogP contribution is 2.27. The molecule has 14 heteroatoms. The molecule has 0 saturated carbocycles. The predicted molar refractivity (Wildman–Crippen MR) is 145 cm³/mol. The van der Waals surface area contributed by atoms with E-state index >= 15 is 0 Å². The summed E-state index contributed by atoms with van der Waals surface area (Å²) in [6.45, 7) is 5.81. The van der Waals surface area contributed by atoms with Gasteiger partial charge < -0.3 is 38.5 Å². The molecule has 0 aliphatic rings. The van der Waals surface area contributed by atoms with Gasteiger partial charge in [-0.2, -0.15) is 0 Å². The summed E-state index contributed by atoms with van der Waals surface area (Å²) in [6.07, 6.45) is 4.00. The Morgan fingerprint density at radius 2 is 1.60 bits per heavy atom. The van der Waals surface area contributed by atoms with Gasteiger partial charge in [-0.05, 0) is 45.6 Å². The Morgan fingerprint density at radius 1 is 0.905 bits per heavy atom. The lowest BCUT2D eigenvalue weighted by Gasteiger charge is -2.19. The van der Waals surface area contributed by atoms with Crippen molar-refractivity contribution in [3.05, 3.63) is 66.3 Å². The molecule has 1 aromatic carbocycles. The van der Waals surface area contributed by atoms with E-state index in [0.717, 1.165) is 11.8 Å². The highest BCUT2D eigenvalue weighted by molar-refractivity contribution is 5.85. The molecule has 4 aromatic rings. The van der Waals surface area contributed by atoms with Crippen LogP contribution >= 0.6 is 0 Å². The number of carboxylic acids is 1. The molecule has 0 saturated heterocycles. The number of amides is 2. The zero-order valence-electron chi connectivity index (χ0n) is 23.3. The molecule has 0 bridgehead atoms. The smallest absolute Gasteiger partial charge is 0.408 e. The van der Waals surface area contributed by atoms with E-state index < -0.39 is 29.8 Å². The average molecular weight is 582 g/mol. The summed E-state index contributed by atoms with van der Waals surface area (Å²) in [5.41, 5.74) is 0.363. The molecule has 222 valence electrons. The summed E-state index contributed by atoms with van der Waals surface area (Å²) in [5.74, 6) is -1.02. The lowest BCUT2D eigenvalue weighted by molar-refractivity contribution is 0.0526. The Kier molecular flexibility index (Phi) is 9.57. The number of nitrogens with one attached hydrogen (secondary N) is 2. The van der Waals surface area contributed by atoms with Gasteiger partial charge in [-0.3, -0.25) is 0 Å². The van der Waals surface area contributed by atoms with Crippen LogP contribution in [0.3, 0.4) is 0 Å². The van der Waals surface area contributed by atoms with Crippen LogP contribution < -0.4 is 10.6 Å². The van der Waals surface area contributed by atoms with Crippen LogP contribution in [-0.4, -0.2) is 50.4 Å². The number of aromatic carboxylic acids is 1. The van der Waals surface area contributed by atoms with Crippen LogP contribution in [0.15, 0.2) is 62.4 Å². The molecule has 0 aliphatic heterocycles. The van der Waals surface area contributed by atoms with Gasteiger partial charge >= 0.3 is 18.2 Å². The van der Waals surface area contributed by atoms with E-state index in [-0.39, 0.29) is 41.4 Å². The number of carbonyl (C=O) groups excluding carboxylic acids is 2. The predicted octanol–water partition coefficient (Wildman–Crippen LogP) is 5.35. The zero-order chi connectivity index (χ0) is 30.1. The SMILES string of the molecule is CC(C)(C)OC(=O)NCCCC[C@H](NC(=O)OCc1ccccc1)c1nc(-c2nc(-c3nc(C(=O)O)co3)co2)co1. The van der Waals surface area contributed by atoms with Crippen LogP contribution in [0.25, 0.3) is 23.2 Å². The highest BCUT2D eigenvalue weighted by Gasteiger charge is 2.24. The van der Waals surface area contributed by atoms with Crippen molar-refractivity contribution in [2.45, 2.75) is 58.3 Å². The van der Waals surface area contributed by atoms with E-state index in [2.05, 4.69) is 25.6 Å². The van der Waals surface area contributed by atoms with Crippen molar-refractivity contribution in [1.82, 2.24) is 25.6 Å². The third-order valence-electron chi connectivity index (χ3n) is 5.58. The van der Waals surface area contributed by atoms with E-state index in [9.17, 15) is 14.4 Å². The Labute approximate surface area is 240 Å². The van der Waals surface area contributed by atoms with E-state index in [1.54, 1.807) is 20.8 Å². The molecule has 3 N–H and O–H groups in total. The molecule has 42 heavy (non-hydrogen) atoms. The minimum absolute atomic E-state index is 0.0354. The number of oxazole rings is 3. The van der Waals surface area contributed by atoms with Gasteiger partial charge in [0.2, 0.25) is 17.7 Å². The van der Waals surface area contributed by atoms with Crippen LogP contribution in [0, 0.1) is 0 Å². The molecule has 0 spiro atoms. The maximum atomic E-state index is 12.6. The van der Waals surface area contributed by atoms with Crippen molar-refractivity contribution >= 4 is 18.2 Å².